The van der Waals surface area contributed by atoms with Crippen LogP contribution >= 0.6 is 0 Å². The molecule has 26 heavy (non-hydrogen) atoms. The molecular formula is C22H28N2O2. The normalized spacial score (nSPS) is 10.8. The molecule has 2 N–H and O–H groups in total. The highest BCUT2D eigenvalue weighted by molar-refractivity contribution is 6.05. The molecule has 0 aromatic heterocycles. The summed E-state index contributed by atoms with van der Waals surface area (Å²) in [5.41, 5.74) is 3.01. The zero-order chi connectivity index (χ0) is 19.1. The number of hydrogen-bond donors (Lipinski definition) is 2. The molecule has 0 saturated carbocycles. The fourth-order valence-electron chi connectivity index (χ4n) is 2.66. The average molecular weight is 352 g/mol. The van der Waals surface area contributed by atoms with Crippen LogP contribution in [0.4, 0.5) is 5.69 Å². The van der Waals surface area contributed by atoms with Crippen LogP contribution in [-0.4, -0.2) is 18.4 Å². The Kier molecular flexibility index (Phi) is 6.96. The van der Waals surface area contributed by atoms with Crippen LogP contribution in [0.2, 0.25) is 0 Å². The molecule has 2 aromatic carbocycles. The molecule has 0 aliphatic heterocycles. The van der Waals surface area contributed by atoms with Crippen LogP contribution in [0.15, 0.2) is 48.5 Å². The van der Waals surface area contributed by atoms with Crippen molar-refractivity contribution in [2.24, 2.45) is 5.92 Å². The molecule has 0 bridgehead atoms. The number of carbonyl (C=O) groups is 2. The van der Waals surface area contributed by atoms with Gasteiger partial charge in [0, 0.05) is 23.4 Å². The number of rotatable bonds is 7. The molecule has 0 heterocycles. The van der Waals surface area contributed by atoms with Gasteiger partial charge in [-0.25, -0.2) is 0 Å². The van der Waals surface area contributed by atoms with Crippen molar-refractivity contribution >= 4 is 17.5 Å². The van der Waals surface area contributed by atoms with Gasteiger partial charge in [-0.1, -0.05) is 45.9 Å². The minimum absolute atomic E-state index is 0.109. The van der Waals surface area contributed by atoms with Gasteiger partial charge in [0.05, 0.1) is 0 Å². The predicted octanol–water partition coefficient (Wildman–Crippen LogP) is 4.84. The summed E-state index contributed by atoms with van der Waals surface area (Å²) in [6, 6.07) is 14.6. The molecule has 4 nitrogen and oxygen atoms in total. The summed E-state index contributed by atoms with van der Waals surface area (Å²) >= 11 is 0. The Balaban J connectivity index is 2.02. The van der Waals surface area contributed by atoms with Crippen molar-refractivity contribution in [3.05, 3.63) is 65.2 Å². The van der Waals surface area contributed by atoms with Crippen LogP contribution in [0.5, 0.6) is 0 Å². The highest BCUT2D eigenvalue weighted by atomic mass is 16.2. The van der Waals surface area contributed by atoms with Gasteiger partial charge >= 0.3 is 0 Å². The van der Waals surface area contributed by atoms with Gasteiger partial charge in [0.1, 0.15) is 0 Å². The second kappa shape index (κ2) is 9.18. The summed E-state index contributed by atoms with van der Waals surface area (Å²) in [4.78, 5) is 24.6. The minimum Gasteiger partial charge on any atom is -0.352 e. The lowest BCUT2D eigenvalue weighted by Gasteiger charge is -2.13. The van der Waals surface area contributed by atoms with Crippen LogP contribution in [0.25, 0.3) is 0 Å². The Morgan fingerprint density at radius 1 is 0.846 bits per heavy atom. The summed E-state index contributed by atoms with van der Waals surface area (Å²) in [6.07, 6.45) is 0.946. The largest absolute Gasteiger partial charge is 0.352 e. The summed E-state index contributed by atoms with van der Waals surface area (Å²) in [7, 11) is 0. The van der Waals surface area contributed by atoms with Crippen molar-refractivity contribution in [1.29, 1.82) is 0 Å². The lowest BCUT2D eigenvalue weighted by Crippen LogP contribution is -2.25. The maximum atomic E-state index is 12.5. The number of para-hydroxylation sites is 1. The molecule has 2 rings (SSSR count). The van der Waals surface area contributed by atoms with Crippen molar-refractivity contribution in [3.63, 3.8) is 0 Å². The molecular weight excluding hydrogens is 324 g/mol. The molecule has 0 fully saturated rings. The van der Waals surface area contributed by atoms with Crippen LogP contribution in [0.1, 0.15) is 66.3 Å². The standard InChI is InChI=1S/C22H28N2O2/c1-15(2)13-14-23-21(25)17-9-11-18(12-10-17)22(26)24-20-8-6-5-7-19(20)16(3)4/h5-12,15-16H,13-14H2,1-4H3,(H,23,25)(H,24,26). The first kappa shape index (κ1) is 19.7. The van der Waals surface area contributed by atoms with Gasteiger partial charge in [0.15, 0.2) is 0 Å². The Morgan fingerprint density at radius 3 is 2.00 bits per heavy atom. The maximum Gasteiger partial charge on any atom is 0.255 e. The fraction of sp³-hybridized carbons (Fsp3) is 0.364. The molecule has 0 atom stereocenters. The third kappa shape index (κ3) is 5.45. The predicted molar refractivity (Wildman–Crippen MR) is 107 cm³/mol. The number of anilines is 1. The first-order chi connectivity index (χ1) is 12.4. The van der Waals surface area contributed by atoms with E-state index in [4.69, 9.17) is 0 Å². The Labute approximate surface area is 156 Å². The molecule has 2 aromatic rings. The molecule has 0 unspecified atom stereocenters. The lowest BCUT2D eigenvalue weighted by atomic mass is 10.0. The Bertz CT molecular complexity index is 749. The first-order valence-electron chi connectivity index (χ1n) is 9.17. The zero-order valence-corrected chi connectivity index (χ0v) is 16.0. The molecule has 4 heteroatoms. The van der Waals surface area contributed by atoms with Crippen LogP contribution in [0.3, 0.4) is 0 Å². The highest BCUT2D eigenvalue weighted by Crippen LogP contribution is 2.24. The number of nitrogens with one attached hydrogen (secondary N) is 2. The summed E-state index contributed by atoms with van der Waals surface area (Å²) in [6.45, 7) is 9.09. The average Bonchev–Trinajstić information content (AvgIpc) is 2.61. The summed E-state index contributed by atoms with van der Waals surface area (Å²) in [5, 5.41) is 5.86. The Morgan fingerprint density at radius 2 is 1.42 bits per heavy atom. The molecule has 2 amide bonds. The van der Waals surface area contributed by atoms with Gasteiger partial charge in [-0.05, 0) is 54.2 Å². The van der Waals surface area contributed by atoms with Gasteiger partial charge < -0.3 is 10.6 Å². The molecule has 0 saturated heterocycles. The number of hydrogen-bond acceptors (Lipinski definition) is 2. The van der Waals surface area contributed by atoms with E-state index in [-0.39, 0.29) is 11.8 Å². The fourth-order valence-corrected chi connectivity index (χ4v) is 2.66. The zero-order valence-electron chi connectivity index (χ0n) is 16.0. The van der Waals surface area contributed by atoms with E-state index in [1.807, 2.05) is 24.3 Å². The summed E-state index contributed by atoms with van der Waals surface area (Å²) < 4.78 is 0. The summed E-state index contributed by atoms with van der Waals surface area (Å²) in [5.74, 6) is 0.589. The highest BCUT2D eigenvalue weighted by Gasteiger charge is 2.12. The van der Waals surface area contributed by atoms with E-state index < -0.39 is 0 Å². The van der Waals surface area contributed by atoms with Gasteiger partial charge in [-0.3, -0.25) is 9.59 Å². The van der Waals surface area contributed by atoms with Gasteiger partial charge in [0.25, 0.3) is 11.8 Å². The van der Waals surface area contributed by atoms with E-state index in [0.717, 1.165) is 17.7 Å². The van der Waals surface area contributed by atoms with E-state index in [1.165, 1.54) is 0 Å². The van der Waals surface area contributed by atoms with Gasteiger partial charge in [-0.2, -0.15) is 0 Å². The smallest absolute Gasteiger partial charge is 0.255 e. The van der Waals surface area contributed by atoms with E-state index >= 15 is 0 Å². The minimum atomic E-state index is -0.176. The van der Waals surface area contributed by atoms with Gasteiger partial charge in [0.2, 0.25) is 0 Å². The topological polar surface area (TPSA) is 58.2 Å². The van der Waals surface area contributed by atoms with Crippen molar-refractivity contribution < 1.29 is 9.59 Å². The van der Waals surface area contributed by atoms with Crippen LogP contribution in [0, 0.1) is 5.92 Å². The second-order valence-corrected chi connectivity index (χ2v) is 7.21. The van der Waals surface area contributed by atoms with Gasteiger partial charge in [-0.15, -0.1) is 0 Å². The van der Waals surface area contributed by atoms with Crippen molar-refractivity contribution in [1.82, 2.24) is 5.32 Å². The van der Waals surface area contributed by atoms with E-state index in [2.05, 4.69) is 38.3 Å². The van der Waals surface area contributed by atoms with Crippen LogP contribution < -0.4 is 10.6 Å². The monoisotopic (exact) mass is 352 g/mol. The maximum absolute atomic E-state index is 12.5. The third-order valence-electron chi connectivity index (χ3n) is 4.25. The van der Waals surface area contributed by atoms with E-state index in [0.29, 0.717) is 29.5 Å². The first-order valence-corrected chi connectivity index (χ1v) is 9.17. The van der Waals surface area contributed by atoms with Crippen molar-refractivity contribution in [2.75, 3.05) is 11.9 Å². The SMILES string of the molecule is CC(C)CCNC(=O)c1ccc(C(=O)Nc2ccccc2C(C)C)cc1. The molecule has 0 spiro atoms. The molecule has 138 valence electrons. The van der Waals surface area contributed by atoms with E-state index in [1.54, 1.807) is 24.3 Å². The lowest BCUT2D eigenvalue weighted by molar-refractivity contribution is 0.0950. The quantitative estimate of drug-likeness (QED) is 0.749. The number of amides is 2. The second-order valence-electron chi connectivity index (χ2n) is 7.21. The van der Waals surface area contributed by atoms with Crippen molar-refractivity contribution in [2.45, 2.75) is 40.0 Å². The van der Waals surface area contributed by atoms with Crippen LogP contribution in [-0.2, 0) is 0 Å². The number of benzene rings is 2. The Hall–Kier alpha value is -2.62. The molecule has 0 aliphatic rings. The third-order valence-corrected chi connectivity index (χ3v) is 4.25. The number of carbonyl (C=O) groups excluding carboxylic acids is 2. The van der Waals surface area contributed by atoms with E-state index in [9.17, 15) is 9.59 Å². The molecule has 0 aliphatic carbocycles. The molecule has 0 radical (unpaired) electrons. The van der Waals surface area contributed by atoms with Crippen molar-refractivity contribution in [3.8, 4) is 0 Å².